The Morgan fingerprint density at radius 1 is 1.26 bits per heavy atom. The first kappa shape index (κ1) is 17.2. The second-order valence-corrected chi connectivity index (χ2v) is 5.14. The summed E-state index contributed by atoms with van der Waals surface area (Å²) in [6, 6.07) is 8.18. The standard InChI is InChI=1S/C15H10Cl2F2N2O2/c16-10-4-5-13(11(17)6-10)23-8-14(22)21-20-7-9-2-1-3-12(18)15(9)19/h1-7H,8H2,(H,21,22). The lowest BCUT2D eigenvalue weighted by Gasteiger charge is -2.07. The van der Waals surface area contributed by atoms with Crippen molar-refractivity contribution in [1.82, 2.24) is 5.43 Å². The number of carbonyl (C=O) groups is 1. The highest BCUT2D eigenvalue weighted by molar-refractivity contribution is 6.35. The van der Waals surface area contributed by atoms with Crippen LogP contribution in [0.4, 0.5) is 8.78 Å². The van der Waals surface area contributed by atoms with E-state index in [1.54, 1.807) is 6.07 Å². The quantitative estimate of drug-likeness (QED) is 0.652. The number of hydrazone groups is 1. The Morgan fingerprint density at radius 2 is 2.04 bits per heavy atom. The molecule has 0 aromatic heterocycles. The Balaban J connectivity index is 1.87. The molecule has 0 bridgehead atoms. The molecule has 0 unspecified atom stereocenters. The van der Waals surface area contributed by atoms with Crippen LogP contribution >= 0.6 is 23.2 Å². The van der Waals surface area contributed by atoms with Gasteiger partial charge in [0, 0.05) is 10.6 Å². The zero-order valence-corrected chi connectivity index (χ0v) is 13.0. The summed E-state index contributed by atoms with van der Waals surface area (Å²) >= 11 is 11.6. The minimum Gasteiger partial charge on any atom is -0.482 e. The number of benzene rings is 2. The average molecular weight is 359 g/mol. The number of carbonyl (C=O) groups excluding carboxylic acids is 1. The lowest BCUT2D eigenvalue weighted by atomic mass is 10.2. The van der Waals surface area contributed by atoms with E-state index in [1.807, 2.05) is 0 Å². The minimum absolute atomic E-state index is 0.0908. The van der Waals surface area contributed by atoms with E-state index in [-0.39, 0.29) is 22.9 Å². The maximum atomic E-state index is 13.3. The van der Waals surface area contributed by atoms with E-state index in [0.717, 1.165) is 12.3 Å². The summed E-state index contributed by atoms with van der Waals surface area (Å²) in [4.78, 5) is 11.5. The predicted molar refractivity (Wildman–Crippen MR) is 84.1 cm³/mol. The molecule has 0 atom stereocenters. The molecule has 8 heteroatoms. The lowest BCUT2D eigenvalue weighted by molar-refractivity contribution is -0.123. The van der Waals surface area contributed by atoms with Crippen molar-refractivity contribution in [3.05, 3.63) is 63.6 Å². The Morgan fingerprint density at radius 3 is 2.78 bits per heavy atom. The number of ether oxygens (including phenoxy) is 1. The summed E-state index contributed by atoms with van der Waals surface area (Å²) in [7, 11) is 0. The van der Waals surface area contributed by atoms with Crippen LogP contribution in [0.1, 0.15) is 5.56 Å². The molecule has 0 aliphatic carbocycles. The Labute approximate surface area is 140 Å². The maximum absolute atomic E-state index is 13.3. The Bertz CT molecular complexity index is 754. The van der Waals surface area contributed by atoms with Crippen LogP contribution in [0.25, 0.3) is 0 Å². The van der Waals surface area contributed by atoms with Crippen molar-refractivity contribution in [2.75, 3.05) is 6.61 Å². The molecule has 120 valence electrons. The summed E-state index contributed by atoms with van der Waals surface area (Å²) in [5.41, 5.74) is 2.04. The maximum Gasteiger partial charge on any atom is 0.277 e. The Hall–Kier alpha value is -2.18. The first-order valence-corrected chi connectivity index (χ1v) is 7.06. The molecule has 0 aliphatic rings. The fourth-order valence-corrected chi connectivity index (χ4v) is 2.02. The number of nitrogens with one attached hydrogen (secondary N) is 1. The molecule has 2 rings (SSSR count). The van der Waals surface area contributed by atoms with Crippen LogP contribution in [-0.2, 0) is 4.79 Å². The van der Waals surface area contributed by atoms with Gasteiger partial charge in [-0.25, -0.2) is 14.2 Å². The zero-order chi connectivity index (χ0) is 16.8. The summed E-state index contributed by atoms with van der Waals surface area (Å²) in [5.74, 6) is -2.36. The smallest absolute Gasteiger partial charge is 0.277 e. The highest BCUT2D eigenvalue weighted by atomic mass is 35.5. The van der Waals surface area contributed by atoms with Crippen LogP contribution in [0.5, 0.6) is 5.75 Å². The molecule has 2 aromatic carbocycles. The van der Waals surface area contributed by atoms with Gasteiger partial charge in [0.2, 0.25) is 0 Å². The molecule has 1 amide bonds. The van der Waals surface area contributed by atoms with E-state index in [4.69, 9.17) is 27.9 Å². The summed E-state index contributed by atoms with van der Waals surface area (Å²) in [6.07, 6.45) is 0.992. The first-order chi connectivity index (χ1) is 11.0. The summed E-state index contributed by atoms with van der Waals surface area (Å²) in [6.45, 7) is -0.357. The van der Waals surface area contributed by atoms with Crippen molar-refractivity contribution in [3.63, 3.8) is 0 Å². The second kappa shape index (κ2) is 7.89. The van der Waals surface area contributed by atoms with E-state index in [0.29, 0.717) is 5.02 Å². The molecule has 1 N–H and O–H groups in total. The number of halogens is 4. The van der Waals surface area contributed by atoms with Gasteiger partial charge in [-0.3, -0.25) is 4.79 Å². The van der Waals surface area contributed by atoms with Gasteiger partial charge in [-0.1, -0.05) is 35.3 Å². The third-order valence-electron chi connectivity index (χ3n) is 2.63. The molecule has 0 spiro atoms. The first-order valence-electron chi connectivity index (χ1n) is 6.31. The number of amides is 1. The van der Waals surface area contributed by atoms with Gasteiger partial charge in [-0.2, -0.15) is 5.10 Å². The van der Waals surface area contributed by atoms with E-state index < -0.39 is 17.5 Å². The zero-order valence-electron chi connectivity index (χ0n) is 11.5. The molecular formula is C15H10Cl2F2N2O2. The molecule has 2 aromatic rings. The molecule has 0 fully saturated rings. The SMILES string of the molecule is O=C(COc1ccc(Cl)cc1Cl)NN=Cc1cccc(F)c1F. The third-order valence-corrected chi connectivity index (χ3v) is 3.16. The molecular weight excluding hydrogens is 349 g/mol. The molecule has 0 heterocycles. The largest absolute Gasteiger partial charge is 0.482 e. The number of nitrogens with zero attached hydrogens (tertiary/aromatic N) is 1. The summed E-state index contributed by atoms with van der Waals surface area (Å²) < 4.78 is 31.5. The van der Waals surface area contributed by atoms with Gasteiger partial charge >= 0.3 is 0 Å². The van der Waals surface area contributed by atoms with E-state index in [9.17, 15) is 13.6 Å². The van der Waals surface area contributed by atoms with Gasteiger partial charge in [0.25, 0.3) is 5.91 Å². The molecule has 0 aliphatic heterocycles. The van der Waals surface area contributed by atoms with E-state index in [1.165, 1.54) is 24.3 Å². The van der Waals surface area contributed by atoms with Gasteiger partial charge in [0.05, 0.1) is 11.2 Å². The second-order valence-electron chi connectivity index (χ2n) is 4.30. The van der Waals surface area contributed by atoms with Crippen LogP contribution in [-0.4, -0.2) is 18.7 Å². The molecule has 4 nitrogen and oxygen atoms in total. The highest BCUT2D eigenvalue weighted by Crippen LogP contribution is 2.27. The van der Waals surface area contributed by atoms with Crippen LogP contribution < -0.4 is 10.2 Å². The van der Waals surface area contributed by atoms with Crippen molar-refractivity contribution in [2.45, 2.75) is 0 Å². The van der Waals surface area contributed by atoms with Crippen molar-refractivity contribution in [1.29, 1.82) is 0 Å². The fourth-order valence-electron chi connectivity index (χ4n) is 1.56. The van der Waals surface area contributed by atoms with Crippen molar-refractivity contribution < 1.29 is 18.3 Å². The molecule has 23 heavy (non-hydrogen) atoms. The number of hydrogen-bond donors (Lipinski definition) is 1. The molecule has 0 saturated heterocycles. The monoisotopic (exact) mass is 358 g/mol. The average Bonchev–Trinajstić information content (AvgIpc) is 2.50. The van der Waals surface area contributed by atoms with Crippen molar-refractivity contribution in [2.24, 2.45) is 5.10 Å². The molecule has 0 radical (unpaired) electrons. The van der Waals surface area contributed by atoms with Crippen molar-refractivity contribution >= 4 is 35.3 Å². The van der Waals surface area contributed by atoms with Gasteiger partial charge < -0.3 is 4.74 Å². The Kier molecular flexibility index (Phi) is 5.90. The lowest BCUT2D eigenvalue weighted by Crippen LogP contribution is -2.24. The highest BCUT2D eigenvalue weighted by Gasteiger charge is 2.07. The van der Waals surface area contributed by atoms with Crippen LogP contribution in [0, 0.1) is 11.6 Å². The fraction of sp³-hybridized carbons (Fsp3) is 0.0667. The van der Waals surface area contributed by atoms with Crippen LogP contribution in [0.3, 0.4) is 0 Å². The minimum atomic E-state index is -1.05. The van der Waals surface area contributed by atoms with Gasteiger partial charge in [-0.05, 0) is 24.3 Å². The van der Waals surface area contributed by atoms with E-state index in [2.05, 4.69) is 10.5 Å². The predicted octanol–water partition coefficient (Wildman–Crippen LogP) is 3.80. The normalized spacial score (nSPS) is 10.8. The molecule has 0 saturated carbocycles. The van der Waals surface area contributed by atoms with Crippen molar-refractivity contribution in [3.8, 4) is 5.75 Å². The van der Waals surface area contributed by atoms with Gasteiger partial charge in [0.15, 0.2) is 18.2 Å². The summed E-state index contributed by atoms with van der Waals surface area (Å²) in [5, 5.41) is 4.23. The van der Waals surface area contributed by atoms with E-state index >= 15 is 0 Å². The van der Waals surface area contributed by atoms with Gasteiger partial charge in [0.1, 0.15) is 5.75 Å². The topological polar surface area (TPSA) is 50.7 Å². The number of hydrogen-bond acceptors (Lipinski definition) is 3. The van der Waals surface area contributed by atoms with Gasteiger partial charge in [-0.15, -0.1) is 0 Å². The third kappa shape index (κ3) is 4.91. The number of rotatable bonds is 5. The van der Waals surface area contributed by atoms with Crippen LogP contribution in [0.15, 0.2) is 41.5 Å². The van der Waals surface area contributed by atoms with Crippen LogP contribution in [0.2, 0.25) is 10.0 Å².